The van der Waals surface area contributed by atoms with Gasteiger partial charge in [-0.05, 0) is 50.1 Å². The topological polar surface area (TPSA) is 79.5 Å². The quantitative estimate of drug-likeness (QED) is 0.569. The summed E-state index contributed by atoms with van der Waals surface area (Å²) in [7, 11) is 0. The van der Waals surface area contributed by atoms with Gasteiger partial charge in [-0.3, -0.25) is 9.59 Å². The summed E-state index contributed by atoms with van der Waals surface area (Å²) >= 11 is 6.07. The van der Waals surface area contributed by atoms with E-state index in [2.05, 4.69) is 10.1 Å². The van der Waals surface area contributed by atoms with Gasteiger partial charge in [0.15, 0.2) is 5.82 Å². The maximum atomic E-state index is 13.1. The Bertz CT molecular complexity index is 1190. The van der Waals surface area contributed by atoms with Gasteiger partial charge in [0.05, 0.1) is 5.92 Å². The predicted octanol–water partition coefficient (Wildman–Crippen LogP) is 4.46. The van der Waals surface area contributed by atoms with Crippen LogP contribution in [0.5, 0.6) is 0 Å². The average Bonchev–Trinajstić information content (AvgIpc) is 3.46. The first-order valence-corrected chi connectivity index (χ1v) is 11.6. The third-order valence-electron chi connectivity index (χ3n) is 6.47. The van der Waals surface area contributed by atoms with Crippen molar-refractivity contribution in [3.05, 3.63) is 64.9 Å². The van der Waals surface area contributed by atoms with Crippen LogP contribution in [-0.2, 0) is 9.59 Å². The molecule has 0 aliphatic carbocycles. The number of halogens is 1. The van der Waals surface area contributed by atoms with Crippen LogP contribution < -0.4 is 4.90 Å². The molecule has 2 aliphatic heterocycles. The zero-order valence-electron chi connectivity index (χ0n) is 18.4. The fourth-order valence-corrected chi connectivity index (χ4v) is 4.86. The van der Waals surface area contributed by atoms with Crippen LogP contribution in [0.4, 0.5) is 5.69 Å². The van der Waals surface area contributed by atoms with Gasteiger partial charge in [-0.1, -0.05) is 40.5 Å². The van der Waals surface area contributed by atoms with Gasteiger partial charge in [-0.25, -0.2) is 0 Å². The minimum atomic E-state index is -0.328. The number of amides is 2. The molecule has 1 aromatic heterocycles. The molecular weight excluding hydrogens is 440 g/mol. The summed E-state index contributed by atoms with van der Waals surface area (Å²) in [6.07, 6.45) is 1.78. The molecule has 3 heterocycles. The molecule has 5 rings (SSSR count). The maximum absolute atomic E-state index is 13.1. The van der Waals surface area contributed by atoms with E-state index in [0.717, 1.165) is 29.7 Å². The molecule has 7 nitrogen and oxygen atoms in total. The van der Waals surface area contributed by atoms with Gasteiger partial charge in [0.1, 0.15) is 0 Å². The summed E-state index contributed by atoms with van der Waals surface area (Å²) in [5, 5.41) is 4.78. The van der Waals surface area contributed by atoms with Gasteiger partial charge < -0.3 is 14.3 Å². The standard InChI is InChI=1S/C25H25ClN4O3/c1-16-4-2-5-18(12-16)24-27-23(28-33-24)17-8-10-29(11-9-17)25(32)19-13-22(31)30(15-19)21-7-3-6-20(26)14-21/h2-7,12,14,17,19H,8-11,13,15H2,1H3/t19-/m0/s1. The number of aromatic nitrogens is 2. The molecule has 1 atom stereocenters. The van der Waals surface area contributed by atoms with Crippen molar-refractivity contribution in [2.24, 2.45) is 5.92 Å². The van der Waals surface area contributed by atoms with E-state index in [9.17, 15) is 9.59 Å². The Kier molecular flexibility index (Phi) is 5.89. The largest absolute Gasteiger partial charge is 0.342 e. The van der Waals surface area contributed by atoms with Crippen molar-refractivity contribution in [1.82, 2.24) is 15.0 Å². The van der Waals surface area contributed by atoms with Gasteiger partial charge in [0, 0.05) is 48.2 Å². The summed E-state index contributed by atoms with van der Waals surface area (Å²) in [5.41, 5.74) is 2.79. The lowest BCUT2D eigenvalue weighted by Gasteiger charge is -2.32. The molecule has 0 saturated carbocycles. The van der Waals surface area contributed by atoms with Crippen molar-refractivity contribution in [3.8, 4) is 11.5 Å². The number of carbonyl (C=O) groups is 2. The number of nitrogens with zero attached hydrogens (tertiary/aromatic N) is 4. The molecule has 0 spiro atoms. The van der Waals surface area contributed by atoms with E-state index in [4.69, 9.17) is 16.1 Å². The number of hydrogen-bond acceptors (Lipinski definition) is 5. The average molecular weight is 465 g/mol. The number of carbonyl (C=O) groups excluding carboxylic acids is 2. The molecule has 170 valence electrons. The van der Waals surface area contributed by atoms with Crippen LogP contribution in [-0.4, -0.2) is 46.5 Å². The Balaban J connectivity index is 1.19. The number of rotatable bonds is 4. The molecule has 2 saturated heterocycles. The molecule has 0 N–H and O–H groups in total. The second kappa shape index (κ2) is 8.98. The zero-order valence-corrected chi connectivity index (χ0v) is 19.2. The normalized spacial score (nSPS) is 19.3. The summed E-state index contributed by atoms with van der Waals surface area (Å²) in [5.74, 6) is 1.05. The third kappa shape index (κ3) is 4.50. The smallest absolute Gasteiger partial charge is 0.257 e. The van der Waals surface area contributed by atoms with Crippen molar-refractivity contribution in [3.63, 3.8) is 0 Å². The molecular formula is C25H25ClN4O3. The molecule has 33 heavy (non-hydrogen) atoms. The molecule has 2 aliphatic rings. The van der Waals surface area contributed by atoms with Crippen LogP contribution in [0.1, 0.15) is 36.6 Å². The van der Waals surface area contributed by atoms with Crippen LogP contribution in [0.2, 0.25) is 5.02 Å². The summed E-state index contributed by atoms with van der Waals surface area (Å²) in [4.78, 5) is 33.8. The number of anilines is 1. The summed E-state index contributed by atoms with van der Waals surface area (Å²) in [6.45, 7) is 3.67. The van der Waals surface area contributed by atoms with Crippen molar-refractivity contribution < 1.29 is 14.1 Å². The van der Waals surface area contributed by atoms with Gasteiger partial charge in [-0.2, -0.15) is 4.98 Å². The van der Waals surface area contributed by atoms with Crippen LogP contribution >= 0.6 is 11.6 Å². The Morgan fingerprint density at radius 2 is 1.91 bits per heavy atom. The molecule has 0 unspecified atom stereocenters. The highest BCUT2D eigenvalue weighted by Crippen LogP contribution is 2.32. The highest BCUT2D eigenvalue weighted by atomic mass is 35.5. The summed E-state index contributed by atoms with van der Waals surface area (Å²) in [6, 6.07) is 15.2. The predicted molar refractivity (Wildman–Crippen MR) is 125 cm³/mol. The van der Waals surface area contributed by atoms with Gasteiger partial charge in [0.25, 0.3) is 5.89 Å². The van der Waals surface area contributed by atoms with Crippen molar-refractivity contribution in [1.29, 1.82) is 0 Å². The lowest BCUT2D eigenvalue weighted by molar-refractivity contribution is -0.136. The lowest BCUT2D eigenvalue weighted by Crippen LogP contribution is -2.42. The van der Waals surface area contributed by atoms with E-state index in [1.54, 1.807) is 17.0 Å². The van der Waals surface area contributed by atoms with Crippen molar-refractivity contribution in [2.75, 3.05) is 24.5 Å². The SMILES string of the molecule is Cc1cccc(-c2nc(C3CCN(C(=O)[C@H]4CC(=O)N(c5cccc(Cl)c5)C4)CC3)no2)c1. The second-order valence-corrected chi connectivity index (χ2v) is 9.25. The van der Waals surface area contributed by atoms with Gasteiger partial charge in [-0.15, -0.1) is 0 Å². The highest BCUT2D eigenvalue weighted by Gasteiger charge is 2.38. The number of likely N-dealkylation sites (tertiary alicyclic amines) is 1. The molecule has 2 fully saturated rings. The fraction of sp³-hybridized carbons (Fsp3) is 0.360. The fourth-order valence-electron chi connectivity index (χ4n) is 4.68. The Hall–Kier alpha value is -3.19. The number of hydrogen-bond donors (Lipinski definition) is 0. The summed E-state index contributed by atoms with van der Waals surface area (Å²) < 4.78 is 5.49. The van der Waals surface area contributed by atoms with E-state index in [-0.39, 0.29) is 30.1 Å². The first-order chi connectivity index (χ1) is 16.0. The van der Waals surface area contributed by atoms with Gasteiger partial charge >= 0.3 is 0 Å². The first-order valence-electron chi connectivity index (χ1n) is 11.2. The molecule has 0 radical (unpaired) electrons. The van der Waals surface area contributed by atoms with Crippen molar-refractivity contribution >= 4 is 29.1 Å². The Morgan fingerprint density at radius 3 is 2.67 bits per heavy atom. The lowest BCUT2D eigenvalue weighted by atomic mass is 9.95. The van der Waals surface area contributed by atoms with Gasteiger partial charge in [0.2, 0.25) is 11.8 Å². The first kappa shape index (κ1) is 21.6. The minimum absolute atomic E-state index is 0.0408. The number of piperidine rings is 1. The van der Waals surface area contributed by atoms with Crippen LogP contribution in [0.25, 0.3) is 11.5 Å². The minimum Gasteiger partial charge on any atom is -0.342 e. The molecule has 0 bridgehead atoms. The van der Waals surface area contributed by atoms with Crippen molar-refractivity contribution in [2.45, 2.75) is 32.1 Å². The van der Waals surface area contributed by atoms with Crippen LogP contribution in [0.15, 0.2) is 53.1 Å². The molecule has 2 aromatic carbocycles. The number of benzene rings is 2. The van der Waals surface area contributed by atoms with E-state index in [0.29, 0.717) is 36.4 Å². The molecule has 2 amide bonds. The molecule has 8 heteroatoms. The number of aryl methyl sites for hydroxylation is 1. The van der Waals surface area contributed by atoms with E-state index in [1.807, 2.05) is 48.2 Å². The second-order valence-electron chi connectivity index (χ2n) is 8.81. The Labute approximate surface area is 197 Å². The molecule has 3 aromatic rings. The van der Waals surface area contributed by atoms with E-state index >= 15 is 0 Å². The van der Waals surface area contributed by atoms with Crippen LogP contribution in [0.3, 0.4) is 0 Å². The monoisotopic (exact) mass is 464 g/mol. The van der Waals surface area contributed by atoms with E-state index < -0.39 is 0 Å². The third-order valence-corrected chi connectivity index (χ3v) is 6.71. The highest BCUT2D eigenvalue weighted by molar-refractivity contribution is 6.31. The zero-order chi connectivity index (χ0) is 22.9. The van der Waals surface area contributed by atoms with Crippen LogP contribution in [0, 0.1) is 12.8 Å². The Morgan fingerprint density at radius 1 is 1.12 bits per heavy atom. The maximum Gasteiger partial charge on any atom is 0.257 e. The van der Waals surface area contributed by atoms with E-state index in [1.165, 1.54) is 0 Å².